The van der Waals surface area contributed by atoms with Crippen LogP contribution in [0.4, 0.5) is 0 Å². The third kappa shape index (κ3) is 4.49. The molecule has 2 rings (SSSR count). The third-order valence-corrected chi connectivity index (χ3v) is 3.40. The van der Waals surface area contributed by atoms with Crippen LogP contribution in [-0.2, 0) is 16.1 Å². The number of benzene rings is 2. The maximum Gasteiger partial charge on any atom is 0.342 e. The number of ether oxygens (including phenoxy) is 2. The van der Waals surface area contributed by atoms with E-state index < -0.39 is 18.0 Å². The van der Waals surface area contributed by atoms with Crippen LogP contribution in [0.15, 0.2) is 48.5 Å². The van der Waals surface area contributed by atoms with Crippen molar-refractivity contribution in [2.24, 2.45) is 0 Å². The molecule has 0 saturated heterocycles. The molecule has 126 valence electrons. The number of hydrogen-bond donors (Lipinski definition) is 2. The smallest absolute Gasteiger partial charge is 0.342 e. The molecule has 24 heavy (non-hydrogen) atoms. The predicted molar refractivity (Wildman–Crippen MR) is 87.8 cm³/mol. The summed E-state index contributed by atoms with van der Waals surface area (Å²) in [6, 6.07) is 13.3. The van der Waals surface area contributed by atoms with E-state index in [-0.39, 0.29) is 11.3 Å². The number of carbonyl (C=O) groups excluding carboxylic acids is 2. The van der Waals surface area contributed by atoms with Gasteiger partial charge in [0.25, 0.3) is 5.91 Å². The molecule has 0 heterocycles. The minimum Gasteiger partial charge on any atom is -0.507 e. The number of carbonyl (C=O) groups is 2. The number of methoxy groups -OCH3 is 1. The Hall–Kier alpha value is -3.02. The van der Waals surface area contributed by atoms with Crippen LogP contribution < -0.4 is 10.1 Å². The molecule has 0 aliphatic rings. The predicted octanol–water partition coefficient (Wildman–Crippen LogP) is 2.26. The Morgan fingerprint density at radius 2 is 1.79 bits per heavy atom. The monoisotopic (exact) mass is 329 g/mol. The van der Waals surface area contributed by atoms with Crippen molar-refractivity contribution in [1.29, 1.82) is 0 Å². The minimum atomic E-state index is -0.977. The summed E-state index contributed by atoms with van der Waals surface area (Å²) < 4.78 is 10.1. The van der Waals surface area contributed by atoms with Gasteiger partial charge in [0, 0.05) is 6.54 Å². The molecule has 2 aromatic carbocycles. The molecule has 2 N–H and O–H groups in total. The van der Waals surface area contributed by atoms with E-state index in [1.807, 2.05) is 12.1 Å². The molecule has 0 saturated carbocycles. The van der Waals surface area contributed by atoms with Gasteiger partial charge in [0.05, 0.1) is 7.11 Å². The fraction of sp³-hybridized carbons (Fsp3) is 0.222. The van der Waals surface area contributed by atoms with Crippen LogP contribution in [0.1, 0.15) is 22.8 Å². The maximum absolute atomic E-state index is 12.0. The lowest BCUT2D eigenvalue weighted by molar-refractivity contribution is -0.129. The van der Waals surface area contributed by atoms with E-state index in [9.17, 15) is 14.7 Å². The van der Waals surface area contributed by atoms with Gasteiger partial charge in [0.15, 0.2) is 6.10 Å². The van der Waals surface area contributed by atoms with E-state index in [1.54, 1.807) is 31.4 Å². The maximum atomic E-state index is 12.0. The Labute approximate surface area is 140 Å². The number of amides is 1. The average molecular weight is 329 g/mol. The van der Waals surface area contributed by atoms with Crippen LogP contribution in [0.2, 0.25) is 0 Å². The molecule has 1 amide bonds. The fourth-order valence-electron chi connectivity index (χ4n) is 2.00. The van der Waals surface area contributed by atoms with Crippen LogP contribution in [-0.4, -0.2) is 30.2 Å². The number of aromatic hydroxyl groups is 1. The van der Waals surface area contributed by atoms with Crippen LogP contribution in [0.5, 0.6) is 11.5 Å². The molecule has 6 heteroatoms. The molecule has 2 aromatic rings. The Morgan fingerprint density at radius 1 is 1.12 bits per heavy atom. The highest BCUT2D eigenvalue weighted by Crippen LogP contribution is 2.17. The van der Waals surface area contributed by atoms with Crippen LogP contribution >= 0.6 is 0 Å². The van der Waals surface area contributed by atoms with Crippen molar-refractivity contribution in [2.75, 3.05) is 7.11 Å². The number of rotatable bonds is 6. The lowest BCUT2D eigenvalue weighted by Gasteiger charge is -2.14. The first-order valence-corrected chi connectivity index (χ1v) is 7.41. The van der Waals surface area contributed by atoms with E-state index in [0.29, 0.717) is 6.54 Å². The van der Waals surface area contributed by atoms with Gasteiger partial charge < -0.3 is 19.9 Å². The van der Waals surface area contributed by atoms with E-state index in [2.05, 4.69) is 5.32 Å². The average Bonchev–Trinajstić information content (AvgIpc) is 2.60. The molecule has 0 aliphatic heterocycles. The molecule has 1 atom stereocenters. The van der Waals surface area contributed by atoms with Crippen LogP contribution in [0.25, 0.3) is 0 Å². The molecule has 0 fully saturated rings. The minimum absolute atomic E-state index is 0.0207. The summed E-state index contributed by atoms with van der Waals surface area (Å²) >= 11 is 0. The molecule has 0 aromatic heterocycles. The van der Waals surface area contributed by atoms with Crippen molar-refractivity contribution < 1.29 is 24.2 Å². The second kappa shape index (κ2) is 8.01. The van der Waals surface area contributed by atoms with Gasteiger partial charge in [0.2, 0.25) is 0 Å². The lowest BCUT2D eigenvalue weighted by atomic mass is 10.2. The first kappa shape index (κ1) is 17.3. The van der Waals surface area contributed by atoms with Crippen LogP contribution in [0.3, 0.4) is 0 Å². The first-order valence-electron chi connectivity index (χ1n) is 7.41. The van der Waals surface area contributed by atoms with Gasteiger partial charge in [-0.15, -0.1) is 0 Å². The lowest BCUT2D eigenvalue weighted by Crippen LogP contribution is -2.35. The molecule has 0 aliphatic carbocycles. The van der Waals surface area contributed by atoms with Crippen molar-refractivity contribution in [3.63, 3.8) is 0 Å². The van der Waals surface area contributed by atoms with Gasteiger partial charge in [0.1, 0.15) is 17.1 Å². The summed E-state index contributed by atoms with van der Waals surface area (Å²) in [4.78, 5) is 24.0. The fourth-order valence-corrected chi connectivity index (χ4v) is 2.00. The number of esters is 1. The number of hydrogen-bond acceptors (Lipinski definition) is 5. The van der Waals surface area contributed by atoms with Crippen molar-refractivity contribution in [1.82, 2.24) is 5.32 Å². The van der Waals surface area contributed by atoms with E-state index in [1.165, 1.54) is 19.1 Å². The second-order valence-corrected chi connectivity index (χ2v) is 5.13. The van der Waals surface area contributed by atoms with Gasteiger partial charge in [-0.3, -0.25) is 4.79 Å². The SMILES string of the molecule is COc1ccc(CNC(=O)[C@@H](C)OC(=O)c2ccccc2O)cc1. The molecule has 0 unspecified atom stereocenters. The quantitative estimate of drug-likeness (QED) is 0.794. The zero-order chi connectivity index (χ0) is 17.5. The van der Waals surface area contributed by atoms with Crippen molar-refractivity contribution in [2.45, 2.75) is 19.6 Å². The standard InChI is InChI=1S/C18H19NO5/c1-12(24-18(22)15-5-3-4-6-16(15)20)17(21)19-11-13-7-9-14(23-2)10-8-13/h3-10,12,20H,11H2,1-2H3,(H,19,21)/t12-/m1/s1. The largest absolute Gasteiger partial charge is 0.507 e. The van der Waals surface area contributed by atoms with Crippen molar-refractivity contribution in [3.05, 3.63) is 59.7 Å². The summed E-state index contributed by atoms with van der Waals surface area (Å²) in [5, 5.41) is 12.3. The van der Waals surface area contributed by atoms with Gasteiger partial charge in [-0.2, -0.15) is 0 Å². The Kier molecular flexibility index (Phi) is 5.78. The molecular formula is C18H19NO5. The Morgan fingerprint density at radius 3 is 2.42 bits per heavy atom. The zero-order valence-corrected chi connectivity index (χ0v) is 13.5. The Bertz CT molecular complexity index is 712. The van der Waals surface area contributed by atoms with E-state index in [0.717, 1.165) is 11.3 Å². The molecule has 6 nitrogen and oxygen atoms in total. The summed E-state index contributed by atoms with van der Waals surface area (Å²) in [6.07, 6.45) is -0.977. The van der Waals surface area contributed by atoms with Gasteiger partial charge >= 0.3 is 5.97 Å². The second-order valence-electron chi connectivity index (χ2n) is 5.13. The topological polar surface area (TPSA) is 84.9 Å². The highest BCUT2D eigenvalue weighted by Gasteiger charge is 2.20. The molecule has 0 bridgehead atoms. The Balaban J connectivity index is 1.87. The summed E-state index contributed by atoms with van der Waals surface area (Å²) in [5.41, 5.74) is 0.913. The van der Waals surface area contributed by atoms with E-state index in [4.69, 9.17) is 9.47 Å². The van der Waals surface area contributed by atoms with Crippen molar-refractivity contribution in [3.8, 4) is 11.5 Å². The molecule has 0 spiro atoms. The van der Waals surface area contributed by atoms with Gasteiger partial charge in [-0.25, -0.2) is 4.79 Å². The van der Waals surface area contributed by atoms with E-state index >= 15 is 0 Å². The molecule has 0 radical (unpaired) electrons. The number of phenolic OH excluding ortho intramolecular Hbond substituents is 1. The zero-order valence-electron chi connectivity index (χ0n) is 13.5. The third-order valence-electron chi connectivity index (χ3n) is 3.40. The summed E-state index contributed by atoms with van der Waals surface area (Å²) in [5.74, 6) is -0.627. The first-order chi connectivity index (χ1) is 11.5. The number of phenols is 1. The van der Waals surface area contributed by atoms with Gasteiger partial charge in [-0.1, -0.05) is 24.3 Å². The highest BCUT2D eigenvalue weighted by atomic mass is 16.5. The van der Waals surface area contributed by atoms with Crippen molar-refractivity contribution >= 4 is 11.9 Å². The normalized spacial score (nSPS) is 11.4. The van der Waals surface area contributed by atoms with Gasteiger partial charge in [-0.05, 0) is 36.8 Å². The molecular weight excluding hydrogens is 310 g/mol. The van der Waals surface area contributed by atoms with Crippen LogP contribution in [0, 0.1) is 0 Å². The summed E-state index contributed by atoms with van der Waals surface area (Å²) in [6.45, 7) is 1.78. The summed E-state index contributed by atoms with van der Waals surface area (Å²) in [7, 11) is 1.58. The number of nitrogens with one attached hydrogen (secondary N) is 1. The highest BCUT2D eigenvalue weighted by molar-refractivity contribution is 5.94. The number of para-hydroxylation sites is 1.